The molecule has 0 amide bonds. The number of phenols is 1. The number of halogens is 1. The molecule has 0 saturated carbocycles. The van der Waals surface area contributed by atoms with Gasteiger partial charge in [-0.25, -0.2) is 9.37 Å². The number of benzene rings is 2. The topological polar surface area (TPSA) is 106 Å². The van der Waals surface area contributed by atoms with E-state index in [1.807, 2.05) is 36.4 Å². The standard InChI is InChI=1S/C23H15FN6O/c24-14-6-12(7-15(31)8-14)16-2-1-3-19-17(16)9-21(27-19)23-22-20(29-30-23)5-4-18(28-22)13-10-25-26-11-13/h1-11,27,31H,(H,25,26)(H,29,30). The summed E-state index contributed by atoms with van der Waals surface area (Å²) >= 11 is 0. The van der Waals surface area contributed by atoms with E-state index in [4.69, 9.17) is 4.98 Å². The van der Waals surface area contributed by atoms with Crippen LogP contribution in [0.15, 0.2) is 67.0 Å². The second-order valence-electron chi connectivity index (χ2n) is 7.30. The summed E-state index contributed by atoms with van der Waals surface area (Å²) in [4.78, 5) is 8.16. The molecule has 6 aromatic rings. The Labute approximate surface area is 174 Å². The summed E-state index contributed by atoms with van der Waals surface area (Å²) in [6.45, 7) is 0. The molecule has 4 N–H and O–H groups in total. The fraction of sp³-hybridized carbons (Fsp3) is 0. The van der Waals surface area contributed by atoms with Gasteiger partial charge in [-0.15, -0.1) is 0 Å². The largest absolute Gasteiger partial charge is 0.508 e. The Morgan fingerprint density at radius 2 is 1.87 bits per heavy atom. The molecule has 0 spiro atoms. The van der Waals surface area contributed by atoms with Gasteiger partial charge in [-0.05, 0) is 47.5 Å². The highest BCUT2D eigenvalue weighted by Gasteiger charge is 2.16. The summed E-state index contributed by atoms with van der Waals surface area (Å²) in [5, 5.41) is 25.0. The molecule has 0 aliphatic rings. The predicted octanol–water partition coefficient (Wildman–Crippen LogP) is 5.01. The lowest BCUT2D eigenvalue weighted by molar-refractivity contribution is 0.469. The zero-order chi connectivity index (χ0) is 20.9. The van der Waals surface area contributed by atoms with Crippen molar-refractivity contribution in [3.8, 4) is 39.5 Å². The fourth-order valence-electron chi connectivity index (χ4n) is 3.90. The molecule has 0 radical (unpaired) electrons. The molecule has 31 heavy (non-hydrogen) atoms. The first-order valence-electron chi connectivity index (χ1n) is 9.62. The van der Waals surface area contributed by atoms with Gasteiger partial charge in [-0.2, -0.15) is 10.2 Å². The molecular weight excluding hydrogens is 395 g/mol. The highest BCUT2D eigenvalue weighted by Crippen LogP contribution is 2.35. The molecule has 7 nitrogen and oxygen atoms in total. The van der Waals surface area contributed by atoms with Crippen molar-refractivity contribution >= 4 is 21.9 Å². The lowest BCUT2D eigenvalue weighted by Gasteiger charge is -2.05. The van der Waals surface area contributed by atoms with E-state index in [2.05, 4.69) is 25.4 Å². The Morgan fingerprint density at radius 3 is 2.71 bits per heavy atom. The van der Waals surface area contributed by atoms with Gasteiger partial charge in [0, 0.05) is 28.7 Å². The predicted molar refractivity (Wildman–Crippen MR) is 116 cm³/mol. The molecule has 4 aromatic heterocycles. The molecule has 0 unspecified atom stereocenters. The van der Waals surface area contributed by atoms with Gasteiger partial charge in [0.1, 0.15) is 22.8 Å². The normalized spacial score (nSPS) is 11.5. The highest BCUT2D eigenvalue weighted by molar-refractivity contribution is 6.00. The third kappa shape index (κ3) is 2.84. The minimum Gasteiger partial charge on any atom is -0.508 e. The van der Waals surface area contributed by atoms with E-state index >= 15 is 0 Å². The highest BCUT2D eigenvalue weighted by atomic mass is 19.1. The first-order valence-corrected chi connectivity index (χ1v) is 9.62. The molecule has 0 atom stereocenters. The number of H-pyrrole nitrogens is 3. The van der Waals surface area contributed by atoms with Crippen molar-refractivity contribution in [2.45, 2.75) is 0 Å². The number of hydrogen-bond acceptors (Lipinski definition) is 4. The first-order chi connectivity index (χ1) is 15.2. The molecule has 0 saturated heterocycles. The van der Waals surface area contributed by atoms with E-state index in [0.29, 0.717) is 11.3 Å². The maximum absolute atomic E-state index is 13.9. The van der Waals surface area contributed by atoms with Crippen molar-refractivity contribution in [1.29, 1.82) is 0 Å². The average molecular weight is 410 g/mol. The van der Waals surface area contributed by atoms with Crippen LogP contribution in [-0.4, -0.2) is 35.5 Å². The molecular formula is C23H15FN6O. The van der Waals surface area contributed by atoms with Crippen molar-refractivity contribution in [2.75, 3.05) is 0 Å². The van der Waals surface area contributed by atoms with Gasteiger partial charge in [-0.1, -0.05) is 12.1 Å². The minimum absolute atomic E-state index is 0.114. The lowest BCUT2D eigenvalue weighted by atomic mass is 10.0. The minimum atomic E-state index is -0.489. The second kappa shape index (κ2) is 6.53. The molecule has 150 valence electrons. The van der Waals surface area contributed by atoms with Crippen LogP contribution in [0.3, 0.4) is 0 Å². The van der Waals surface area contributed by atoms with Crippen LogP contribution in [0.1, 0.15) is 0 Å². The van der Waals surface area contributed by atoms with Crippen molar-refractivity contribution in [3.63, 3.8) is 0 Å². The van der Waals surface area contributed by atoms with Gasteiger partial charge in [0.05, 0.1) is 23.1 Å². The number of nitrogens with one attached hydrogen (secondary N) is 3. The third-order valence-corrected chi connectivity index (χ3v) is 5.31. The zero-order valence-electron chi connectivity index (χ0n) is 16.0. The van der Waals surface area contributed by atoms with Crippen LogP contribution in [0.25, 0.3) is 55.7 Å². The number of phenolic OH excluding ortho intramolecular Hbond substituents is 1. The first kappa shape index (κ1) is 17.4. The molecule has 2 aromatic carbocycles. The summed E-state index contributed by atoms with van der Waals surface area (Å²) < 4.78 is 13.9. The SMILES string of the molecule is Oc1cc(F)cc(-c2cccc3[nH]c(-c4n[nH]c5ccc(-c6cn[nH]c6)nc45)cc23)c1. The molecule has 0 fully saturated rings. The van der Waals surface area contributed by atoms with E-state index in [9.17, 15) is 9.50 Å². The van der Waals surface area contributed by atoms with Crippen molar-refractivity contribution in [2.24, 2.45) is 0 Å². The number of nitrogens with zero attached hydrogens (tertiary/aromatic N) is 3. The Bertz CT molecular complexity index is 1540. The van der Waals surface area contributed by atoms with Crippen LogP contribution < -0.4 is 0 Å². The number of aromatic hydroxyl groups is 1. The molecule has 8 heteroatoms. The van der Waals surface area contributed by atoms with Gasteiger partial charge in [0.25, 0.3) is 0 Å². The van der Waals surface area contributed by atoms with E-state index in [-0.39, 0.29) is 5.75 Å². The van der Waals surface area contributed by atoms with Gasteiger partial charge in [0.15, 0.2) is 0 Å². The summed E-state index contributed by atoms with van der Waals surface area (Å²) in [5.41, 5.74) is 6.97. The van der Waals surface area contributed by atoms with Crippen LogP contribution in [0, 0.1) is 5.82 Å². The van der Waals surface area contributed by atoms with E-state index in [1.165, 1.54) is 6.07 Å². The van der Waals surface area contributed by atoms with Gasteiger partial charge in [0.2, 0.25) is 0 Å². The van der Waals surface area contributed by atoms with Crippen molar-refractivity contribution in [1.82, 2.24) is 30.4 Å². The molecule has 0 aliphatic carbocycles. The van der Waals surface area contributed by atoms with Crippen LogP contribution >= 0.6 is 0 Å². The van der Waals surface area contributed by atoms with Crippen LogP contribution in [-0.2, 0) is 0 Å². The number of pyridine rings is 1. The summed E-state index contributed by atoms with van der Waals surface area (Å²) in [7, 11) is 0. The van der Waals surface area contributed by atoms with Gasteiger partial charge >= 0.3 is 0 Å². The monoisotopic (exact) mass is 410 g/mol. The number of aromatic nitrogens is 6. The zero-order valence-corrected chi connectivity index (χ0v) is 16.0. The number of rotatable bonds is 3. The number of aromatic amines is 3. The van der Waals surface area contributed by atoms with Crippen LogP contribution in [0.4, 0.5) is 4.39 Å². The van der Waals surface area contributed by atoms with Gasteiger partial charge in [-0.3, -0.25) is 10.2 Å². The van der Waals surface area contributed by atoms with E-state index in [0.717, 1.165) is 50.5 Å². The third-order valence-electron chi connectivity index (χ3n) is 5.31. The smallest absolute Gasteiger partial charge is 0.135 e. The molecule has 6 rings (SSSR count). The number of fused-ring (bicyclic) bond motifs is 2. The Kier molecular flexibility index (Phi) is 3.66. The summed E-state index contributed by atoms with van der Waals surface area (Å²) in [5.74, 6) is -0.603. The Hall–Kier alpha value is -4.46. The van der Waals surface area contributed by atoms with Crippen molar-refractivity contribution < 1.29 is 9.50 Å². The van der Waals surface area contributed by atoms with Crippen LogP contribution in [0.5, 0.6) is 5.75 Å². The Balaban J connectivity index is 1.53. The molecule has 0 bridgehead atoms. The maximum Gasteiger partial charge on any atom is 0.135 e. The summed E-state index contributed by atoms with van der Waals surface area (Å²) in [6, 6.07) is 15.6. The van der Waals surface area contributed by atoms with Crippen LogP contribution in [0.2, 0.25) is 0 Å². The van der Waals surface area contributed by atoms with Crippen molar-refractivity contribution in [3.05, 3.63) is 72.8 Å². The van der Waals surface area contributed by atoms with Gasteiger partial charge < -0.3 is 10.1 Å². The van der Waals surface area contributed by atoms with E-state index in [1.54, 1.807) is 18.5 Å². The second-order valence-corrected chi connectivity index (χ2v) is 7.30. The lowest BCUT2D eigenvalue weighted by Crippen LogP contribution is -1.84. The maximum atomic E-state index is 13.9. The number of hydrogen-bond donors (Lipinski definition) is 4. The summed E-state index contributed by atoms with van der Waals surface area (Å²) in [6.07, 6.45) is 3.51. The fourth-order valence-corrected chi connectivity index (χ4v) is 3.90. The molecule has 0 aliphatic heterocycles. The average Bonchev–Trinajstić information content (AvgIpc) is 3.50. The molecule has 4 heterocycles. The quantitative estimate of drug-likeness (QED) is 0.329. The Morgan fingerprint density at radius 1 is 0.935 bits per heavy atom. The van der Waals surface area contributed by atoms with E-state index < -0.39 is 5.82 Å².